The Labute approximate surface area is 148 Å². The third-order valence-electron chi connectivity index (χ3n) is 4.12. The minimum absolute atomic E-state index is 0.394. The largest absolute Gasteiger partial charge is 0.261 e. The Morgan fingerprint density at radius 2 is 2.17 bits per heavy atom. The van der Waals surface area contributed by atoms with Crippen LogP contribution >= 0.6 is 35.1 Å². The molecular weight excluding hydrogens is 351 g/mol. The number of aromatic nitrogens is 3. The van der Waals surface area contributed by atoms with Gasteiger partial charge in [0, 0.05) is 27.5 Å². The molecule has 2 aromatic heterocycles. The molecular formula is C16H14Cl2N4S. The van der Waals surface area contributed by atoms with Gasteiger partial charge >= 0.3 is 0 Å². The molecule has 1 atom stereocenters. The Morgan fingerprint density at radius 3 is 3.04 bits per heavy atom. The van der Waals surface area contributed by atoms with Gasteiger partial charge in [0.05, 0.1) is 11.2 Å². The number of hydrogen-bond acceptors (Lipinski definition) is 4. The number of benzene rings is 1. The van der Waals surface area contributed by atoms with E-state index in [1.165, 1.54) is 11.1 Å². The van der Waals surface area contributed by atoms with E-state index in [9.17, 15) is 0 Å². The zero-order valence-corrected chi connectivity index (χ0v) is 14.5. The second kappa shape index (κ2) is 6.32. The normalized spacial score (nSPS) is 17.4. The van der Waals surface area contributed by atoms with Crippen molar-refractivity contribution < 1.29 is 0 Å². The lowest BCUT2D eigenvalue weighted by Gasteiger charge is -2.25. The van der Waals surface area contributed by atoms with E-state index in [1.54, 1.807) is 18.0 Å². The topological polar surface area (TPSA) is 53.6 Å². The molecule has 118 valence electrons. The zero-order chi connectivity index (χ0) is 15.8. The van der Waals surface area contributed by atoms with Crippen molar-refractivity contribution in [1.82, 2.24) is 19.9 Å². The second-order valence-corrected chi connectivity index (χ2v) is 7.35. The number of halogens is 2. The van der Waals surface area contributed by atoms with Crippen molar-refractivity contribution in [1.29, 1.82) is 0 Å². The molecule has 0 bridgehead atoms. The molecule has 3 aromatic rings. The van der Waals surface area contributed by atoms with Crippen LogP contribution in [0.2, 0.25) is 10.0 Å². The van der Waals surface area contributed by atoms with Gasteiger partial charge in [-0.2, -0.15) is 5.10 Å². The molecule has 1 aliphatic rings. The Bertz CT molecular complexity index is 864. The smallest absolute Gasteiger partial charge is 0.155 e. The van der Waals surface area contributed by atoms with Crippen LogP contribution in [-0.2, 0) is 12.8 Å². The van der Waals surface area contributed by atoms with Gasteiger partial charge < -0.3 is 0 Å². The summed E-state index contributed by atoms with van der Waals surface area (Å²) in [6.45, 7) is 0. The number of nitrogens with zero attached hydrogens (tertiary/aromatic N) is 2. The Hall–Kier alpha value is -1.27. The number of aromatic amines is 1. The molecule has 1 aliphatic carbocycles. The fraction of sp³-hybridized carbons (Fsp3) is 0.250. The summed E-state index contributed by atoms with van der Waals surface area (Å²) in [5.74, 6) is 0. The Kier molecular flexibility index (Phi) is 4.20. The maximum Gasteiger partial charge on any atom is 0.155 e. The first-order chi connectivity index (χ1) is 11.2. The van der Waals surface area contributed by atoms with Gasteiger partial charge in [0.15, 0.2) is 5.65 Å². The van der Waals surface area contributed by atoms with Crippen LogP contribution in [0.15, 0.2) is 35.5 Å². The van der Waals surface area contributed by atoms with Crippen LogP contribution in [0.5, 0.6) is 0 Å². The lowest BCUT2D eigenvalue weighted by atomic mass is 9.88. The van der Waals surface area contributed by atoms with Gasteiger partial charge in [-0.05, 0) is 60.5 Å². The summed E-state index contributed by atoms with van der Waals surface area (Å²) in [4.78, 5) is 5.43. The Morgan fingerprint density at radius 1 is 1.26 bits per heavy atom. The summed E-state index contributed by atoms with van der Waals surface area (Å²) in [6.07, 6.45) is 6.90. The van der Waals surface area contributed by atoms with Crippen molar-refractivity contribution >= 4 is 46.2 Å². The minimum atomic E-state index is 0.394. The standard InChI is InChI=1S/C16H14Cl2N4S/c17-10-1-4-15(14(18)6-10)23-22-11-2-3-12-9(5-11)7-19-16-13(12)8-20-21-16/h1,4,6-8,11,22H,2-3,5H2,(H,19,20,21). The maximum absolute atomic E-state index is 6.22. The number of H-pyrrole nitrogens is 1. The highest BCUT2D eigenvalue weighted by atomic mass is 35.5. The van der Waals surface area contributed by atoms with E-state index in [2.05, 4.69) is 19.9 Å². The van der Waals surface area contributed by atoms with E-state index in [4.69, 9.17) is 23.2 Å². The van der Waals surface area contributed by atoms with Crippen molar-refractivity contribution in [3.63, 3.8) is 0 Å². The van der Waals surface area contributed by atoms with E-state index in [1.807, 2.05) is 24.5 Å². The number of rotatable bonds is 3. The first kappa shape index (κ1) is 15.3. The molecule has 4 rings (SSSR count). The van der Waals surface area contributed by atoms with Crippen LogP contribution in [0.4, 0.5) is 0 Å². The fourth-order valence-corrected chi connectivity index (χ4v) is 4.27. The van der Waals surface area contributed by atoms with Gasteiger partial charge in [0.1, 0.15) is 0 Å². The van der Waals surface area contributed by atoms with Crippen molar-refractivity contribution in [3.05, 3.63) is 51.8 Å². The monoisotopic (exact) mass is 364 g/mol. The summed E-state index contributed by atoms with van der Waals surface area (Å²) in [5, 5.41) is 9.50. The molecule has 0 radical (unpaired) electrons. The average molecular weight is 365 g/mol. The highest BCUT2D eigenvalue weighted by Gasteiger charge is 2.21. The highest BCUT2D eigenvalue weighted by Crippen LogP contribution is 2.31. The van der Waals surface area contributed by atoms with Crippen molar-refractivity contribution in [2.24, 2.45) is 0 Å². The fourth-order valence-electron chi connectivity index (χ4n) is 2.95. The quantitative estimate of drug-likeness (QED) is 0.675. The molecule has 0 spiro atoms. The predicted octanol–water partition coefficient (Wildman–Crippen LogP) is 4.42. The SMILES string of the molecule is Clc1ccc(SNC2CCc3c(cnc4[nH]ncc34)C2)c(Cl)c1. The molecule has 0 amide bonds. The molecule has 0 aliphatic heterocycles. The maximum atomic E-state index is 6.22. The van der Waals surface area contributed by atoms with Gasteiger partial charge in [-0.15, -0.1) is 0 Å². The van der Waals surface area contributed by atoms with Gasteiger partial charge in [0.2, 0.25) is 0 Å². The summed E-state index contributed by atoms with van der Waals surface area (Å²) < 4.78 is 3.52. The van der Waals surface area contributed by atoms with E-state index in [0.717, 1.165) is 35.2 Å². The number of hydrogen-bond donors (Lipinski definition) is 2. The summed E-state index contributed by atoms with van der Waals surface area (Å²) in [5.41, 5.74) is 3.54. The van der Waals surface area contributed by atoms with Crippen LogP contribution in [0.25, 0.3) is 11.0 Å². The van der Waals surface area contributed by atoms with E-state index < -0.39 is 0 Å². The number of aryl methyl sites for hydroxylation is 1. The summed E-state index contributed by atoms with van der Waals surface area (Å²) in [6, 6.07) is 5.96. The molecule has 4 nitrogen and oxygen atoms in total. The highest BCUT2D eigenvalue weighted by molar-refractivity contribution is 7.97. The van der Waals surface area contributed by atoms with Crippen LogP contribution in [0.1, 0.15) is 17.5 Å². The number of fused-ring (bicyclic) bond motifs is 3. The molecule has 0 saturated heterocycles. The number of pyridine rings is 1. The lowest BCUT2D eigenvalue weighted by Crippen LogP contribution is -2.30. The van der Waals surface area contributed by atoms with E-state index >= 15 is 0 Å². The van der Waals surface area contributed by atoms with Gasteiger partial charge in [-0.1, -0.05) is 23.2 Å². The lowest BCUT2D eigenvalue weighted by molar-refractivity contribution is 0.547. The van der Waals surface area contributed by atoms with Gasteiger partial charge in [0.25, 0.3) is 0 Å². The van der Waals surface area contributed by atoms with Crippen LogP contribution in [0.3, 0.4) is 0 Å². The van der Waals surface area contributed by atoms with Crippen LogP contribution in [-0.4, -0.2) is 21.2 Å². The van der Waals surface area contributed by atoms with Crippen LogP contribution in [0, 0.1) is 0 Å². The summed E-state index contributed by atoms with van der Waals surface area (Å²) >= 11 is 13.7. The first-order valence-electron chi connectivity index (χ1n) is 7.38. The zero-order valence-electron chi connectivity index (χ0n) is 12.1. The molecule has 1 aromatic carbocycles. The first-order valence-corrected chi connectivity index (χ1v) is 8.95. The minimum Gasteiger partial charge on any atom is -0.261 e. The Balaban J connectivity index is 1.48. The molecule has 0 saturated carbocycles. The van der Waals surface area contributed by atoms with Gasteiger partial charge in [-0.3, -0.25) is 9.82 Å². The second-order valence-electron chi connectivity index (χ2n) is 5.63. The van der Waals surface area contributed by atoms with Crippen molar-refractivity contribution in [3.8, 4) is 0 Å². The molecule has 1 unspecified atom stereocenters. The predicted molar refractivity (Wildman–Crippen MR) is 95.2 cm³/mol. The third-order valence-corrected chi connectivity index (χ3v) is 5.81. The van der Waals surface area contributed by atoms with E-state index in [-0.39, 0.29) is 0 Å². The van der Waals surface area contributed by atoms with Crippen LogP contribution < -0.4 is 4.72 Å². The average Bonchev–Trinajstić information content (AvgIpc) is 3.02. The van der Waals surface area contributed by atoms with E-state index in [0.29, 0.717) is 16.1 Å². The molecule has 0 fully saturated rings. The molecule has 2 N–H and O–H groups in total. The molecule has 23 heavy (non-hydrogen) atoms. The third kappa shape index (κ3) is 3.06. The van der Waals surface area contributed by atoms with Crippen molar-refractivity contribution in [2.75, 3.05) is 0 Å². The van der Waals surface area contributed by atoms with Crippen molar-refractivity contribution in [2.45, 2.75) is 30.2 Å². The van der Waals surface area contributed by atoms with Gasteiger partial charge in [-0.25, -0.2) is 4.98 Å². The molecule has 7 heteroatoms. The summed E-state index contributed by atoms with van der Waals surface area (Å²) in [7, 11) is 0. The molecule has 2 heterocycles. The number of nitrogens with one attached hydrogen (secondary N) is 2.